The zero-order valence-corrected chi connectivity index (χ0v) is 14.9. The maximum absolute atomic E-state index is 12.4. The van der Waals surface area contributed by atoms with E-state index in [1.54, 1.807) is 60.6 Å². The van der Waals surface area contributed by atoms with Gasteiger partial charge >= 0.3 is 0 Å². The summed E-state index contributed by atoms with van der Waals surface area (Å²) in [6.07, 6.45) is 3.28. The lowest BCUT2D eigenvalue weighted by molar-refractivity contribution is 0.102. The fourth-order valence-electron chi connectivity index (χ4n) is 2.33. The topological polar surface area (TPSA) is 65.4 Å². The van der Waals surface area contributed by atoms with Crippen molar-refractivity contribution < 1.29 is 14.3 Å². The van der Waals surface area contributed by atoms with Crippen LogP contribution in [0.15, 0.2) is 60.9 Å². The van der Waals surface area contributed by atoms with Crippen molar-refractivity contribution in [2.24, 2.45) is 0 Å². The van der Waals surface area contributed by atoms with E-state index < -0.39 is 0 Å². The Labute approximate surface area is 156 Å². The van der Waals surface area contributed by atoms with Crippen molar-refractivity contribution in [3.05, 3.63) is 77.1 Å². The number of hydrogen-bond acceptors (Lipinski definition) is 4. The number of rotatable bonds is 7. The zero-order chi connectivity index (χ0) is 18.4. The first kappa shape index (κ1) is 18.0. The van der Waals surface area contributed by atoms with Gasteiger partial charge in [-0.15, -0.1) is 0 Å². The van der Waals surface area contributed by atoms with E-state index in [0.717, 1.165) is 11.3 Å². The highest BCUT2D eigenvalue weighted by Crippen LogP contribution is 2.17. The van der Waals surface area contributed by atoms with Crippen molar-refractivity contribution in [3.8, 4) is 5.75 Å². The van der Waals surface area contributed by atoms with Crippen LogP contribution in [0.4, 0.5) is 5.69 Å². The highest BCUT2D eigenvalue weighted by atomic mass is 35.5. The van der Waals surface area contributed by atoms with E-state index in [9.17, 15) is 4.79 Å². The van der Waals surface area contributed by atoms with Gasteiger partial charge in [-0.25, -0.2) is 4.68 Å². The van der Waals surface area contributed by atoms with E-state index in [0.29, 0.717) is 29.6 Å². The molecule has 0 aliphatic rings. The van der Waals surface area contributed by atoms with Gasteiger partial charge in [0.05, 0.1) is 18.1 Å². The molecule has 6 nitrogen and oxygen atoms in total. The molecule has 0 spiro atoms. The number of anilines is 1. The Bertz CT molecular complexity index is 878. The molecule has 1 heterocycles. The van der Waals surface area contributed by atoms with Gasteiger partial charge in [0, 0.05) is 17.7 Å². The van der Waals surface area contributed by atoms with E-state index in [-0.39, 0.29) is 5.91 Å². The molecule has 3 aromatic rings. The van der Waals surface area contributed by atoms with Gasteiger partial charge in [-0.3, -0.25) is 4.79 Å². The second-order valence-corrected chi connectivity index (χ2v) is 6.02. The molecule has 0 saturated heterocycles. The number of benzene rings is 2. The first-order valence-electron chi connectivity index (χ1n) is 7.94. The highest BCUT2D eigenvalue weighted by Gasteiger charge is 2.09. The van der Waals surface area contributed by atoms with E-state index in [1.165, 1.54) is 0 Å². The van der Waals surface area contributed by atoms with Crippen molar-refractivity contribution in [3.63, 3.8) is 0 Å². The Morgan fingerprint density at radius 1 is 1.23 bits per heavy atom. The highest BCUT2D eigenvalue weighted by molar-refractivity contribution is 6.30. The number of nitrogens with zero attached hydrogens (tertiary/aromatic N) is 2. The molecule has 0 saturated carbocycles. The molecule has 0 radical (unpaired) electrons. The van der Waals surface area contributed by atoms with Gasteiger partial charge in [-0.1, -0.05) is 23.7 Å². The fraction of sp³-hybridized carbons (Fsp3) is 0.158. The van der Waals surface area contributed by atoms with Crippen LogP contribution < -0.4 is 10.1 Å². The summed E-state index contributed by atoms with van der Waals surface area (Å²) in [5.74, 6) is 0.505. The van der Waals surface area contributed by atoms with Crippen LogP contribution >= 0.6 is 11.6 Å². The largest absolute Gasteiger partial charge is 0.489 e. The average molecular weight is 372 g/mol. The van der Waals surface area contributed by atoms with Crippen molar-refractivity contribution in [1.29, 1.82) is 0 Å². The second-order valence-electron chi connectivity index (χ2n) is 5.58. The monoisotopic (exact) mass is 371 g/mol. The molecule has 2 aromatic carbocycles. The number of carbonyl (C=O) groups excluding carboxylic acids is 1. The summed E-state index contributed by atoms with van der Waals surface area (Å²) in [5.41, 5.74) is 2.04. The molecule has 1 amide bonds. The van der Waals surface area contributed by atoms with E-state index in [4.69, 9.17) is 21.1 Å². The van der Waals surface area contributed by atoms with Crippen molar-refractivity contribution in [2.45, 2.75) is 13.3 Å². The van der Waals surface area contributed by atoms with Crippen molar-refractivity contribution in [1.82, 2.24) is 9.78 Å². The number of hydrogen-bond donors (Lipinski definition) is 1. The van der Waals surface area contributed by atoms with Crippen LogP contribution in [0.5, 0.6) is 5.75 Å². The Morgan fingerprint density at radius 3 is 2.81 bits per heavy atom. The van der Waals surface area contributed by atoms with Gasteiger partial charge in [0.1, 0.15) is 19.1 Å². The Kier molecular flexibility index (Phi) is 5.88. The number of halogens is 1. The van der Waals surface area contributed by atoms with E-state index in [2.05, 4.69) is 10.4 Å². The summed E-state index contributed by atoms with van der Waals surface area (Å²) in [7, 11) is 1.58. The molecule has 0 fully saturated rings. The molecular weight excluding hydrogens is 354 g/mol. The molecule has 0 bridgehead atoms. The van der Waals surface area contributed by atoms with Gasteiger partial charge in [-0.05, 0) is 42.0 Å². The van der Waals surface area contributed by atoms with E-state index in [1.807, 2.05) is 12.1 Å². The third-order valence-electron chi connectivity index (χ3n) is 3.56. The van der Waals surface area contributed by atoms with Crippen molar-refractivity contribution in [2.75, 3.05) is 12.4 Å². The van der Waals surface area contributed by atoms with Gasteiger partial charge < -0.3 is 14.8 Å². The summed E-state index contributed by atoms with van der Waals surface area (Å²) in [6.45, 7) is 0.682. The predicted molar refractivity (Wildman–Crippen MR) is 99.4 cm³/mol. The number of carbonyl (C=O) groups is 1. The molecule has 7 heteroatoms. The van der Waals surface area contributed by atoms with Crippen LogP contribution in [-0.4, -0.2) is 22.8 Å². The molecule has 26 heavy (non-hydrogen) atoms. The third kappa shape index (κ3) is 4.84. The lowest BCUT2D eigenvalue weighted by Crippen LogP contribution is -2.12. The summed E-state index contributed by atoms with van der Waals surface area (Å²) in [5, 5.41) is 7.56. The van der Waals surface area contributed by atoms with E-state index >= 15 is 0 Å². The fourth-order valence-corrected chi connectivity index (χ4v) is 2.46. The lowest BCUT2D eigenvalue weighted by atomic mass is 10.1. The van der Waals surface area contributed by atoms with Crippen LogP contribution in [0.1, 0.15) is 15.9 Å². The summed E-state index contributed by atoms with van der Waals surface area (Å²) < 4.78 is 12.3. The van der Waals surface area contributed by atoms with Crippen LogP contribution in [0.2, 0.25) is 5.02 Å². The second kappa shape index (κ2) is 8.51. The van der Waals surface area contributed by atoms with Crippen LogP contribution in [-0.2, 0) is 18.1 Å². The molecule has 1 N–H and O–H groups in total. The van der Waals surface area contributed by atoms with Crippen LogP contribution in [0, 0.1) is 0 Å². The summed E-state index contributed by atoms with van der Waals surface area (Å²) in [6, 6.07) is 14.4. The Hall–Kier alpha value is -2.83. The minimum absolute atomic E-state index is 0.213. The summed E-state index contributed by atoms with van der Waals surface area (Å²) >= 11 is 5.86. The molecule has 3 rings (SSSR count). The van der Waals surface area contributed by atoms with Gasteiger partial charge in [0.15, 0.2) is 0 Å². The lowest BCUT2D eigenvalue weighted by Gasteiger charge is -2.08. The summed E-state index contributed by atoms with van der Waals surface area (Å²) in [4.78, 5) is 12.4. The Balaban J connectivity index is 1.62. The molecule has 0 aliphatic heterocycles. The predicted octanol–water partition coefficient (Wildman–Crippen LogP) is 3.97. The maximum Gasteiger partial charge on any atom is 0.255 e. The third-order valence-corrected chi connectivity index (χ3v) is 3.81. The molecule has 1 aromatic heterocycles. The van der Waals surface area contributed by atoms with Crippen LogP contribution in [0.3, 0.4) is 0 Å². The number of nitrogens with one attached hydrogen (secondary N) is 1. The smallest absolute Gasteiger partial charge is 0.255 e. The number of aromatic nitrogens is 2. The first-order valence-corrected chi connectivity index (χ1v) is 8.32. The normalized spacial score (nSPS) is 10.5. The molecule has 134 valence electrons. The number of methoxy groups -OCH3 is 1. The molecule has 0 atom stereocenters. The standard InChI is InChI=1S/C19H18ClN3O3/c1-25-13-23-11-17(10-21-23)22-19(24)15-4-2-3-14(9-15)12-26-18-7-5-16(20)6-8-18/h2-11H,12-13H2,1H3,(H,22,24). The molecule has 0 unspecified atom stereocenters. The van der Waals surface area contributed by atoms with Gasteiger partial charge in [0.2, 0.25) is 0 Å². The van der Waals surface area contributed by atoms with Crippen molar-refractivity contribution >= 4 is 23.2 Å². The minimum Gasteiger partial charge on any atom is -0.489 e. The SMILES string of the molecule is COCn1cc(NC(=O)c2cccc(COc3ccc(Cl)cc3)c2)cn1. The maximum atomic E-state index is 12.4. The number of amides is 1. The quantitative estimate of drug-likeness (QED) is 0.682. The Morgan fingerprint density at radius 2 is 2.04 bits per heavy atom. The molecular formula is C19H18ClN3O3. The first-order chi connectivity index (χ1) is 12.6. The average Bonchev–Trinajstić information content (AvgIpc) is 3.09. The van der Waals surface area contributed by atoms with Gasteiger partial charge in [-0.2, -0.15) is 5.10 Å². The zero-order valence-electron chi connectivity index (χ0n) is 14.2. The van der Waals surface area contributed by atoms with Crippen LogP contribution in [0.25, 0.3) is 0 Å². The van der Waals surface area contributed by atoms with Gasteiger partial charge in [0.25, 0.3) is 5.91 Å². The number of ether oxygens (including phenoxy) is 2. The minimum atomic E-state index is -0.213. The molecule has 0 aliphatic carbocycles.